The molecule has 1 aliphatic carbocycles. The van der Waals surface area contributed by atoms with Gasteiger partial charge in [-0.1, -0.05) is 26.7 Å². The van der Waals surface area contributed by atoms with E-state index >= 15 is 0 Å². The lowest BCUT2D eigenvalue weighted by Gasteiger charge is -2.22. The van der Waals surface area contributed by atoms with Gasteiger partial charge in [-0.15, -0.1) is 0 Å². The van der Waals surface area contributed by atoms with Crippen LogP contribution in [-0.2, 0) is 4.74 Å². The van der Waals surface area contributed by atoms with Crippen molar-refractivity contribution < 1.29 is 4.74 Å². The van der Waals surface area contributed by atoms with E-state index in [0.717, 1.165) is 18.4 Å². The molecule has 2 heteroatoms. The van der Waals surface area contributed by atoms with E-state index in [2.05, 4.69) is 19.2 Å². The molecule has 15 heavy (non-hydrogen) atoms. The minimum Gasteiger partial charge on any atom is -0.376 e. The van der Waals surface area contributed by atoms with E-state index in [9.17, 15) is 0 Å². The largest absolute Gasteiger partial charge is 0.376 e. The Labute approximate surface area is 93.8 Å². The molecule has 1 heterocycles. The highest BCUT2D eigenvalue weighted by molar-refractivity contribution is 4.93. The third-order valence-corrected chi connectivity index (χ3v) is 4.05. The summed E-state index contributed by atoms with van der Waals surface area (Å²) in [6.07, 6.45) is 7.15. The van der Waals surface area contributed by atoms with E-state index in [1.54, 1.807) is 0 Å². The molecule has 1 saturated carbocycles. The van der Waals surface area contributed by atoms with Gasteiger partial charge < -0.3 is 10.1 Å². The van der Waals surface area contributed by atoms with E-state index in [0.29, 0.717) is 12.1 Å². The maximum absolute atomic E-state index is 5.83. The molecule has 0 aromatic carbocycles. The van der Waals surface area contributed by atoms with Gasteiger partial charge in [-0.3, -0.25) is 0 Å². The Hall–Kier alpha value is -0.0800. The molecule has 2 atom stereocenters. The van der Waals surface area contributed by atoms with Crippen LogP contribution < -0.4 is 5.32 Å². The number of hydrogen-bond donors (Lipinski definition) is 1. The summed E-state index contributed by atoms with van der Waals surface area (Å²) in [5, 5.41) is 3.73. The van der Waals surface area contributed by atoms with E-state index in [4.69, 9.17) is 4.74 Å². The lowest BCUT2D eigenvalue weighted by atomic mass is 10.0. The van der Waals surface area contributed by atoms with Crippen LogP contribution in [0, 0.1) is 11.8 Å². The molecule has 2 unspecified atom stereocenters. The smallest absolute Gasteiger partial charge is 0.0756 e. The summed E-state index contributed by atoms with van der Waals surface area (Å²) < 4.78 is 5.83. The average molecular weight is 211 g/mol. The Morgan fingerprint density at radius 1 is 1.20 bits per heavy atom. The fourth-order valence-corrected chi connectivity index (χ4v) is 2.61. The molecule has 2 fully saturated rings. The van der Waals surface area contributed by atoms with Crippen molar-refractivity contribution in [2.24, 2.45) is 11.8 Å². The number of hydrogen-bond acceptors (Lipinski definition) is 2. The maximum atomic E-state index is 5.83. The van der Waals surface area contributed by atoms with Crippen molar-refractivity contribution >= 4 is 0 Å². The summed E-state index contributed by atoms with van der Waals surface area (Å²) in [5.74, 6) is 1.73. The molecule has 0 spiro atoms. The second kappa shape index (κ2) is 5.31. The standard InChI is InChI=1S/C13H25NO/c1-3-10(4-2)9-14-12-7-8-15-13(12)11-5-6-11/h10-14H,3-9H2,1-2H3. The number of ether oxygens (including phenoxy) is 1. The topological polar surface area (TPSA) is 21.3 Å². The molecule has 1 saturated heterocycles. The van der Waals surface area contributed by atoms with Crippen molar-refractivity contribution in [2.45, 2.75) is 58.1 Å². The van der Waals surface area contributed by atoms with Crippen molar-refractivity contribution in [1.29, 1.82) is 0 Å². The third kappa shape index (κ3) is 2.94. The van der Waals surface area contributed by atoms with Crippen LogP contribution in [0.1, 0.15) is 46.0 Å². The first kappa shape index (κ1) is 11.4. The SMILES string of the molecule is CCC(CC)CNC1CCOC1C1CC1. The molecule has 1 aliphatic heterocycles. The zero-order valence-corrected chi connectivity index (χ0v) is 10.2. The van der Waals surface area contributed by atoms with Gasteiger partial charge in [0.2, 0.25) is 0 Å². The summed E-state index contributed by atoms with van der Waals surface area (Å²) in [6, 6.07) is 0.651. The minimum absolute atomic E-state index is 0.541. The molecular formula is C13H25NO. The normalized spacial score (nSPS) is 31.4. The molecule has 2 nitrogen and oxygen atoms in total. The molecule has 0 bridgehead atoms. The Balaban J connectivity index is 1.72. The van der Waals surface area contributed by atoms with Crippen LogP contribution in [0.2, 0.25) is 0 Å². The van der Waals surface area contributed by atoms with E-state index in [-0.39, 0.29) is 0 Å². The highest BCUT2D eigenvalue weighted by atomic mass is 16.5. The van der Waals surface area contributed by atoms with Crippen molar-refractivity contribution in [3.8, 4) is 0 Å². The molecule has 2 rings (SSSR count). The van der Waals surface area contributed by atoms with Gasteiger partial charge in [0.1, 0.15) is 0 Å². The Morgan fingerprint density at radius 3 is 2.53 bits per heavy atom. The third-order valence-electron chi connectivity index (χ3n) is 4.05. The molecule has 0 aromatic rings. The van der Waals surface area contributed by atoms with Crippen LogP contribution >= 0.6 is 0 Å². The van der Waals surface area contributed by atoms with Gasteiger partial charge in [0.05, 0.1) is 6.10 Å². The van der Waals surface area contributed by atoms with Gasteiger partial charge in [0.25, 0.3) is 0 Å². The fraction of sp³-hybridized carbons (Fsp3) is 1.00. The first-order chi connectivity index (χ1) is 7.35. The van der Waals surface area contributed by atoms with Crippen LogP contribution in [-0.4, -0.2) is 25.3 Å². The minimum atomic E-state index is 0.541. The van der Waals surface area contributed by atoms with Crippen LogP contribution in [0.4, 0.5) is 0 Å². The fourth-order valence-electron chi connectivity index (χ4n) is 2.61. The second-order valence-electron chi connectivity index (χ2n) is 5.16. The van der Waals surface area contributed by atoms with Crippen molar-refractivity contribution in [3.63, 3.8) is 0 Å². The molecule has 0 radical (unpaired) electrons. The number of nitrogens with one attached hydrogen (secondary N) is 1. The molecule has 2 aliphatic rings. The van der Waals surface area contributed by atoms with E-state index in [1.807, 2.05) is 0 Å². The van der Waals surface area contributed by atoms with Crippen LogP contribution in [0.15, 0.2) is 0 Å². The van der Waals surface area contributed by atoms with E-state index in [1.165, 1.54) is 38.6 Å². The highest BCUT2D eigenvalue weighted by Crippen LogP contribution is 2.38. The predicted molar refractivity (Wildman–Crippen MR) is 62.9 cm³/mol. The monoisotopic (exact) mass is 211 g/mol. The van der Waals surface area contributed by atoms with Crippen molar-refractivity contribution in [2.75, 3.05) is 13.2 Å². The first-order valence-electron chi connectivity index (χ1n) is 6.70. The van der Waals surface area contributed by atoms with Gasteiger partial charge in [0, 0.05) is 12.6 Å². The summed E-state index contributed by atoms with van der Waals surface area (Å²) in [5.41, 5.74) is 0. The van der Waals surface area contributed by atoms with Crippen LogP contribution in [0.25, 0.3) is 0 Å². The Morgan fingerprint density at radius 2 is 1.93 bits per heavy atom. The Bertz CT molecular complexity index is 187. The van der Waals surface area contributed by atoms with Gasteiger partial charge >= 0.3 is 0 Å². The molecular weight excluding hydrogens is 186 g/mol. The average Bonchev–Trinajstić information content (AvgIpc) is 3.00. The zero-order chi connectivity index (χ0) is 10.7. The van der Waals surface area contributed by atoms with Crippen LogP contribution in [0.3, 0.4) is 0 Å². The molecule has 0 aromatic heterocycles. The van der Waals surface area contributed by atoms with Crippen molar-refractivity contribution in [3.05, 3.63) is 0 Å². The van der Waals surface area contributed by atoms with E-state index < -0.39 is 0 Å². The zero-order valence-electron chi connectivity index (χ0n) is 10.2. The lowest BCUT2D eigenvalue weighted by Crippen LogP contribution is -2.40. The molecule has 1 N–H and O–H groups in total. The van der Waals surface area contributed by atoms with Crippen LogP contribution in [0.5, 0.6) is 0 Å². The van der Waals surface area contributed by atoms with Gasteiger partial charge in [0.15, 0.2) is 0 Å². The summed E-state index contributed by atoms with van der Waals surface area (Å²) in [6.45, 7) is 6.74. The van der Waals surface area contributed by atoms with Gasteiger partial charge in [-0.2, -0.15) is 0 Å². The number of rotatable bonds is 6. The Kier molecular flexibility index (Phi) is 4.04. The highest BCUT2D eigenvalue weighted by Gasteiger charge is 2.40. The second-order valence-corrected chi connectivity index (χ2v) is 5.16. The van der Waals surface area contributed by atoms with Gasteiger partial charge in [-0.25, -0.2) is 0 Å². The van der Waals surface area contributed by atoms with Gasteiger partial charge in [-0.05, 0) is 37.6 Å². The predicted octanol–water partition coefficient (Wildman–Crippen LogP) is 2.58. The lowest BCUT2D eigenvalue weighted by molar-refractivity contribution is 0.0803. The summed E-state index contributed by atoms with van der Waals surface area (Å²) in [4.78, 5) is 0. The molecule has 88 valence electrons. The quantitative estimate of drug-likeness (QED) is 0.729. The summed E-state index contributed by atoms with van der Waals surface area (Å²) in [7, 11) is 0. The molecule has 0 amide bonds. The summed E-state index contributed by atoms with van der Waals surface area (Å²) >= 11 is 0. The van der Waals surface area contributed by atoms with Crippen molar-refractivity contribution in [1.82, 2.24) is 5.32 Å². The first-order valence-corrected chi connectivity index (χ1v) is 6.70. The maximum Gasteiger partial charge on any atom is 0.0756 e.